The molecular weight excluding hydrogens is 410 g/mol. The van der Waals surface area contributed by atoms with Crippen LogP contribution in [0.5, 0.6) is 17.2 Å². The number of ketones is 1. The molecule has 2 aromatic rings. The van der Waals surface area contributed by atoms with Gasteiger partial charge in [0.05, 0.1) is 25.5 Å². The zero-order valence-electron chi connectivity index (χ0n) is 18.2. The predicted octanol–water partition coefficient (Wildman–Crippen LogP) is 3.48. The molecule has 0 unspecified atom stereocenters. The maximum atomic E-state index is 13.2. The molecule has 1 saturated heterocycles. The van der Waals surface area contributed by atoms with Gasteiger partial charge in [0.2, 0.25) is 5.91 Å². The van der Waals surface area contributed by atoms with Crippen LogP contribution in [0, 0.1) is 0 Å². The monoisotopic (exact) mass is 435 g/mol. The number of esters is 1. The van der Waals surface area contributed by atoms with Crippen LogP contribution >= 0.6 is 0 Å². The fourth-order valence-corrected chi connectivity index (χ4v) is 5.13. The van der Waals surface area contributed by atoms with Crippen molar-refractivity contribution in [2.45, 2.75) is 44.1 Å². The maximum absolute atomic E-state index is 13.2. The molecule has 3 aliphatic rings. The van der Waals surface area contributed by atoms with Gasteiger partial charge in [0, 0.05) is 49.9 Å². The van der Waals surface area contributed by atoms with E-state index in [9.17, 15) is 14.4 Å². The molecule has 0 N–H and O–H groups in total. The van der Waals surface area contributed by atoms with Gasteiger partial charge in [-0.2, -0.15) is 0 Å². The summed E-state index contributed by atoms with van der Waals surface area (Å²) in [7, 11) is 1.60. The van der Waals surface area contributed by atoms with E-state index in [2.05, 4.69) is 0 Å². The second-order valence-electron chi connectivity index (χ2n) is 8.72. The number of carbonyl (C=O) groups excluding carboxylic acids is 3. The molecule has 3 aliphatic heterocycles. The number of hydrogen-bond acceptors (Lipinski definition) is 6. The van der Waals surface area contributed by atoms with Crippen molar-refractivity contribution in [2.24, 2.45) is 0 Å². The molecule has 166 valence electrons. The lowest BCUT2D eigenvalue weighted by Gasteiger charge is -2.45. The summed E-state index contributed by atoms with van der Waals surface area (Å²) in [5, 5.41) is 0. The number of nitrogens with zero attached hydrogens (tertiary/aromatic N) is 1. The second-order valence-corrected chi connectivity index (χ2v) is 8.72. The Hall–Kier alpha value is -3.35. The highest BCUT2D eigenvalue weighted by Gasteiger charge is 2.46. The molecule has 1 fully saturated rings. The van der Waals surface area contributed by atoms with E-state index in [0.29, 0.717) is 54.3 Å². The Balaban J connectivity index is 1.60. The third-order valence-corrected chi connectivity index (χ3v) is 6.84. The van der Waals surface area contributed by atoms with Crippen LogP contribution in [-0.2, 0) is 9.59 Å². The lowest BCUT2D eigenvalue weighted by atomic mass is 9.79. The third-order valence-electron chi connectivity index (χ3n) is 6.84. The second kappa shape index (κ2) is 7.65. The Kier molecular flexibility index (Phi) is 4.92. The molecule has 7 nitrogen and oxygen atoms in total. The van der Waals surface area contributed by atoms with Crippen LogP contribution in [-0.4, -0.2) is 48.4 Å². The quantitative estimate of drug-likeness (QED) is 0.531. The van der Waals surface area contributed by atoms with E-state index in [4.69, 9.17) is 14.2 Å². The van der Waals surface area contributed by atoms with Crippen LogP contribution < -0.4 is 14.2 Å². The van der Waals surface area contributed by atoms with Gasteiger partial charge in [-0.1, -0.05) is 18.2 Å². The smallest absolute Gasteiger partial charge is 0.312 e. The van der Waals surface area contributed by atoms with Crippen molar-refractivity contribution in [1.29, 1.82) is 0 Å². The number of fused-ring (bicyclic) bond motifs is 3. The van der Waals surface area contributed by atoms with Crippen molar-refractivity contribution >= 4 is 17.7 Å². The molecule has 0 radical (unpaired) electrons. The number of Topliss-reactive ketones (excluding diaryl/α,β-unsaturated/α-hetero) is 1. The topological polar surface area (TPSA) is 82.1 Å². The molecular formula is C25H25NO6. The van der Waals surface area contributed by atoms with Crippen molar-refractivity contribution < 1.29 is 28.6 Å². The summed E-state index contributed by atoms with van der Waals surface area (Å²) < 4.78 is 17.7. The Bertz CT molecular complexity index is 1120. The maximum Gasteiger partial charge on any atom is 0.312 e. The minimum atomic E-state index is -0.655. The molecule has 0 bridgehead atoms. The van der Waals surface area contributed by atoms with Gasteiger partial charge in [-0.3, -0.25) is 14.4 Å². The van der Waals surface area contributed by atoms with E-state index in [0.717, 1.165) is 5.56 Å². The van der Waals surface area contributed by atoms with Crippen LogP contribution in [0.1, 0.15) is 60.0 Å². The number of hydrogen-bond donors (Lipinski definition) is 0. The molecule has 7 heteroatoms. The van der Waals surface area contributed by atoms with Gasteiger partial charge < -0.3 is 19.1 Å². The zero-order valence-corrected chi connectivity index (χ0v) is 18.2. The molecule has 0 aliphatic carbocycles. The number of para-hydroxylation sites is 1. The van der Waals surface area contributed by atoms with E-state index >= 15 is 0 Å². The van der Waals surface area contributed by atoms with Crippen molar-refractivity contribution in [3.05, 3.63) is 53.1 Å². The van der Waals surface area contributed by atoms with Crippen molar-refractivity contribution in [2.75, 3.05) is 20.2 Å². The number of piperidine rings is 1. The Labute approximate surface area is 186 Å². The SMILES string of the molecule is COc1ccccc1[C@@H]1CC(=O)Oc2ccc3c(c21)OC1(CCN(C(C)=O)CC1)CC3=O. The molecule has 1 spiro atoms. The first-order valence-electron chi connectivity index (χ1n) is 10.9. The average molecular weight is 435 g/mol. The van der Waals surface area contributed by atoms with Gasteiger partial charge in [-0.15, -0.1) is 0 Å². The molecule has 2 aromatic carbocycles. The Morgan fingerprint density at radius 2 is 1.88 bits per heavy atom. The van der Waals surface area contributed by atoms with E-state index in [-0.39, 0.29) is 36.4 Å². The number of methoxy groups -OCH3 is 1. The lowest BCUT2D eigenvalue weighted by Crippen LogP contribution is -2.52. The van der Waals surface area contributed by atoms with Gasteiger partial charge >= 0.3 is 5.97 Å². The summed E-state index contributed by atoms with van der Waals surface area (Å²) in [4.78, 5) is 39.2. The van der Waals surface area contributed by atoms with Crippen molar-refractivity contribution in [3.8, 4) is 17.2 Å². The fraction of sp³-hybridized carbons (Fsp3) is 0.400. The highest BCUT2D eigenvalue weighted by molar-refractivity contribution is 6.01. The standard InChI is InChI=1S/C25H25NO6/c1-15(27)26-11-9-25(10-12-26)14-19(28)17-7-8-21-23(24(17)32-25)18(13-22(29)31-21)16-5-3-4-6-20(16)30-2/h3-8,18H,9-14H2,1-2H3/t18-/m0/s1. The van der Waals surface area contributed by atoms with E-state index in [1.54, 1.807) is 31.1 Å². The molecule has 1 atom stereocenters. The van der Waals surface area contributed by atoms with Crippen LogP contribution in [0.15, 0.2) is 36.4 Å². The average Bonchev–Trinajstić information content (AvgIpc) is 2.78. The number of amides is 1. The van der Waals surface area contributed by atoms with Crippen LogP contribution in [0.4, 0.5) is 0 Å². The van der Waals surface area contributed by atoms with E-state index < -0.39 is 5.60 Å². The summed E-state index contributed by atoms with van der Waals surface area (Å²) in [5.41, 5.74) is 1.43. The number of likely N-dealkylation sites (tertiary alicyclic amines) is 1. The summed E-state index contributed by atoms with van der Waals surface area (Å²) in [5.74, 6) is 0.948. The first-order chi connectivity index (χ1) is 15.4. The molecule has 32 heavy (non-hydrogen) atoms. The predicted molar refractivity (Wildman–Crippen MR) is 115 cm³/mol. The number of ether oxygens (including phenoxy) is 3. The Morgan fingerprint density at radius 3 is 2.59 bits per heavy atom. The molecule has 5 rings (SSSR count). The highest BCUT2D eigenvalue weighted by atomic mass is 16.5. The molecule has 3 heterocycles. The summed E-state index contributed by atoms with van der Waals surface area (Å²) in [6, 6.07) is 10.9. The highest BCUT2D eigenvalue weighted by Crippen LogP contribution is 2.51. The van der Waals surface area contributed by atoms with E-state index in [1.165, 1.54) is 0 Å². The van der Waals surface area contributed by atoms with Gasteiger partial charge in [0.15, 0.2) is 5.78 Å². The number of carbonyl (C=O) groups is 3. The normalized spacial score (nSPS) is 21.3. The first kappa shape index (κ1) is 20.5. The number of benzene rings is 2. The largest absolute Gasteiger partial charge is 0.496 e. The van der Waals surface area contributed by atoms with Gasteiger partial charge in [-0.25, -0.2) is 0 Å². The third kappa shape index (κ3) is 3.32. The van der Waals surface area contributed by atoms with E-state index in [1.807, 2.05) is 24.3 Å². The van der Waals surface area contributed by atoms with Gasteiger partial charge in [-0.05, 0) is 18.2 Å². The minimum Gasteiger partial charge on any atom is -0.496 e. The number of rotatable bonds is 2. The van der Waals surface area contributed by atoms with Crippen molar-refractivity contribution in [3.63, 3.8) is 0 Å². The zero-order chi connectivity index (χ0) is 22.5. The lowest BCUT2D eigenvalue weighted by molar-refractivity contribution is -0.135. The summed E-state index contributed by atoms with van der Waals surface area (Å²) in [6.07, 6.45) is 1.58. The first-order valence-corrected chi connectivity index (χ1v) is 10.9. The van der Waals surface area contributed by atoms with Crippen LogP contribution in [0.3, 0.4) is 0 Å². The van der Waals surface area contributed by atoms with Gasteiger partial charge in [0.1, 0.15) is 22.8 Å². The molecule has 0 aromatic heterocycles. The van der Waals surface area contributed by atoms with Crippen molar-refractivity contribution in [1.82, 2.24) is 4.90 Å². The Morgan fingerprint density at radius 1 is 1.12 bits per heavy atom. The molecule has 1 amide bonds. The van der Waals surface area contributed by atoms with Crippen LogP contribution in [0.25, 0.3) is 0 Å². The molecule has 0 saturated carbocycles. The summed E-state index contributed by atoms with van der Waals surface area (Å²) >= 11 is 0. The van der Waals surface area contributed by atoms with Gasteiger partial charge in [0.25, 0.3) is 0 Å². The fourth-order valence-electron chi connectivity index (χ4n) is 5.13. The van der Waals surface area contributed by atoms with Crippen LogP contribution in [0.2, 0.25) is 0 Å². The summed E-state index contributed by atoms with van der Waals surface area (Å²) in [6.45, 7) is 2.67. The minimum absolute atomic E-state index is 0.0148.